The lowest BCUT2D eigenvalue weighted by Gasteiger charge is -2.28. The predicted octanol–water partition coefficient (Wildman–Crippen LogP) is 2.97. The SMILES string of the molecule is CN(C)C(=O)NC(Nc1ccccc1[N+](=O)[O-])C(Cl)(Cl)Cl. The summed E-state index contributed by atoms with van der Waals surface area (Å²) in [4.78, 5) is 23.3. The number of nitrogens with one attached hydrogen (secondary N) is 2. The zero-order valence-electron chi connectivity index (χ0n) is 11.1. The van der Waals surface area contributed by atoms with Crippen LogP contribution in [-0.2, 0) is 0 Å². The lowest BCUT2D eigenvalue weighted by Crippen LogP contribution is -2.52. The maximum Gasteiger partial charge on any atom is 0.318 e. The van der Waals surface area contributed by atoms with Crippen molar-refractivity contribution >= 4 is 52.2 Å². The molecule has 0 spiro atoms. The van der Waals surface area contributed by atoms with Gasteiger partial charge in [-0.1, -0.05) is 46.9 Å². The van der Waals surface area contributed by atoms with Gasteiger partial charge in [0, 0.05) is 20.2 Å². The molecule has 1 atom stereocenters. The van der Waals surface area contributed by atoms with Crippen LogP contribution in [0.1, 0.15) is 0 Å². The molecule has 0 aliphatic rings. The molecule has 1 rings (SSSR count). The van der Waals surface area contributed by atoms with Crippen molar-refractivity contribution in [3.8, 4) is 0 Å². The normalized spacial score (nSPS) is 12.4. The number of urea groups is 1. The predicted molar refractivity (Wildman–Crippen MR) is 83.0 cm³/mol. The van der Waals surface area contributed by atoms with E-state index in [9.17, 15) is 14.9 Å². The third-order valence-corrected chi connectivity index (χ3v) is 3.06. The maximum atomic E-state index is 11.7. The van der Waals surface area contributed by atoms with Gasteiger partial charge in [0.1, 0.15) is 11.9 Å². The van der Waals surface area contributed by atoms with Crippen LogP contribution in [0.4, 0.5) is 16.2 Å². The summed E-state index contributed by atoms with van der Waals surface area (Å²) in [7, 11) is 3.02. The second-order valence-corrected chi connectivity index (χ2v) is 6.61. The van der Waals surface area contributed by atoms with Gasteiger partial charge >= 0.3 is 6.03 Å². The molecule has 2 amide bonds. The van der Waals surface area contributed by atoms with Crippen LogP contribution in [0.3, 0.4) is 0 Å². The number of carbonyl (C=O) groups is 1. The molecular weight excluding hydrogens is 343 g/mol. The zero-order valence-corrected chi connectivity index (χ0v) is 13.4. The highest BCUT2D eigenvalue weighted by Gasteiger charge is 2.35. The Morgan fingerprint density at radius 1 is 1.33 bits per heavy atom. The van der Waals surface area contributed by atoms with E-state index in [2.05, 4.69) is 10.6 Å². The molecule has 2 N–H and O–H groups in total. The molecule has 1 aromatic carbocycles. The van der Waals surface area contributed by atoms with Crippen molar-refractivity contribution < 1.29 is 9.72 Å². The summed E-state index contributed by atoms with van der Waals surface area (Å²) in [5, 5.41) is 16.0. The minimum atomic E-state index is -1.91. The number of halogens is 3. The van der Waals surface area contributed by atoms with E-state index >= 15 is 0 Å². The number of para-hydroxylation sites is 2. The van der Waals surface area contributed by atoms with Crippen molar-refractivity contribution in [3.63, 3.8) is 0 Å². The van der Waals surface area contributed by atoms with E-state index in [0.717, 1.165) is 0 Å². The quantitative estimate of drug-likeness (QED) is 0.376. The molecule has 0 saturated carbocycles. The third kappa shape index (κ3) is 5.11. The van der Waals surface area contributed by atoms with Gasteiger partial charge in [0.05, 0.1) is 4.92 Å². The average molecular weight is 356 g/mol. The molecule has 0 saturated heterocycles. The first-order valence-corrected chi connectivity index (χ1v) is 6.81. The summed E-state index contributed by atoms with van der Waals surface area (Å²) in [6, 6.07) is 5.32. The Morgan fingerprint density at radius 2 is 1.90 bits per heavy atom. The summed E-state index contributed by atoms with van der Waals surface area (Å²) in [6.45, 7) is 0. The molecule has 116 valence electrons. The van der Waals surface area contributed by atoms with Crippen LogP contribution in [-0.4, -0.2) is 39.9 Å². The molecule has 1 aromatic rings. The smallest absolute Gasteiger partial charge is 0.318 e. The fourth-order valence-electron chi connectivity index (χ4n) is 1.36. The van der Waals surface area contributed by atoms with Crippen LogP contribution in [0.2, 0.25) is 0 Å². The van der Waals surface area contributed by atoms with Crippen molar-refractivity contribution in [2.75, 3.05) is 19.4 Å². The van der Waals surface area contributed by atoms with Crippen LogP contribution >= 0.6 is 34.8 Å². The molecule has 0 aliphatic carbocycles. The Hall–Kier alpha value is -1.44. The lowest BCUT2D eigenvalue weighted by atomic mass is 10.2. The highest BCUT2D eigenvalue weighted by molar-refractivity contribution is 6.68. The van der Waals surface area contributed by atoms with Gasteiger partial charge < -0.3 is 15.5 Å². The van der Waals surface area contributed by atoms with Crippen LogP contribution in [0, 0.1) is 10.1 Å². The van der Waals surface area contributed by atoms with Gasteiger partial charge in [0.2, 0.25) is 3.79 Å². The van der Waals surface area contributed by atoms with E-state index in [0.29, 0.717) is 0 Å². The number of rotatable bonds is 4. The van der Waals surface area contributed by atoms with Crippen molar-refractivity contribution in [1.82, 2.24) is 10.2 Å². The number of benzene rings is 1. The minimum absolute atomic E-state index is 0.123. The number of alkyl halides is 3. The minimum Gasteiger partial charge on any atom is -0.356 e. The van der Waals surface area contributed by atoms with Gasteiger partial charge in [-0.15, -0.1) is 0 Å². The number of amides is 2. The number of anilines is 1. The second-order valence-electron chi connectivity index (χ2n) is 4.24. The molecule has 0 fully saturated rings. The molecule has 21 heavy (non-hydrogen) atoms. The van der Waals surface area contributed by atoms with Crippen molar-refractivity contribution in [2.24, 2.45) is 0 Å². The molecule has 0 aromatic heterocycles. The molecule has 10 heteroatoms. The van der Waals surface area contributed by atoms with E-state index in [1.165, 1.54) is 37.2 Å². The highest BCUT2D eigenvalue weighted by atomic mass is 35.6. The highest BCUT2D eigenvalue weighted by Crippen LogP contribution is 2.33. The van der Waals surface area contributed by atoms with Crippen LogP contribution < -0.4 is 10.6 Å². The Kier molecular flexibility index (Phi) is 5.88. The van der Waals surface area contributed by atoms with Crippen LogP contribution in [0.15, 0.2) is 24.3 Å². The molecule has 1 unspecified atom stereocenters. The van der Waals surface area contributed by atoms with E-state index in [4.69, 9.17) is 34.8 Å². The number of hydrogen-bond acceptors (Lipinski definition) is 4. The fraction of sp³-hybridized carbons (Fsp3) is 0.364. The summed E-state index contributed by atoms with van der Waals surface area (Å²) >= 11 is 17.4. The van der Waals surface area contributed by atoms with E-state index in [-0.39, 0.29) is 11.4 Å². The molecule has 0 aliphatic heterocycles. The van der Waals surface area contributed by atoms with Gasteiger partial charge in [-0.05, 0) is 6.07 Å². The topological polar surface area (TPSA) is 87.5 Å². The Morgan fingerprint density at radius 3 is 2.38 bits per heavy atom. The van der Waals surface area contributed by atoms with Gasteiger partial charge in [0.15, 0.2) is 0 Å². The van der Waals surface area contributed by atoms with Gasteiger partial charge in [-0.2, -0.15) is 0 Å². The summed E-state index contributed by atoms with van der Waals surface area (Å²) in [6.07, 6.45) is -1.15. The molecular formula is C11H13Cl3N4O3. The van der Waals surface area contributed by atoms with Crippen molar-refractivity contribution in [3.05, 3.63) is 34.4 Å². The molecule has 0 heterocycles. The lowest BCUT2D eigenvalue weighted by molar-refractivity contribution is -0.384. The average Bonchev–Trinajstić information content (AvgIpc) is 2.36. The van der Waals surface area contributed by atoms with E-state index in [1.54, 1.807) is 6.07 Å². The molecule has 0 bridgehead atoms. The number of hydrogen-bond donors (Lipinski definition) is 2. The van der Waals surface area contributed by atoms with Crippen molar-refractivity contribution in [1.29, 1.82) is 0 Å². The summed E-state index contributed by atoms with van der Waals surface area (Å²) < 4.78 is -1.91. The van der Waals surface area contributed by atoms with E-state index < -0.39 is 20.9 Å². The first-order valence-electron chi connectivity index (χ1n) is 5.67. The second kappa shape index (κ2) is 7.02. The summed E-state index contributed by atoms with van der Waals surface area (Å²) in [5.41, 5.74) is -0.0752. The van der Waals surface area contributed by atoms with Gasteiger partial charge in [-0.25, -0.2) is 4.79 Å². The Labute approximate surface area is 136 Å². The first kappa shape index (κ1) is 17.6. The van der Waals surface area contributed by atoms with Crippen LogP contribution in [0.25, 0.3) is 0 Å². The number of carbonyl (C=O) groups excluding carboxylic acids is 1. The molecule has 7 nitrogen and oxygen atoms in total. The van der Waals surface area contributed by atoms with E-state index in [1.807, 2.05) is 0 Å². The fourth-order valence-corrected chi connectivity index (χ4v) is 1.69. The van der Waals surface area contributed by atoms with Gasteiger partial charge in [-0.3, -0.25) is 10.1 Å². The summed E-state index contributed by atoms with van der Waals surface area (Å²) in [5.74, 6) is 0. The van der Waals surface area contributed by atoms with Crippen LogP contribution in [0.5, 0.6) is 0 Å². The number of nitro benzene ring substituents is 1. The monoisotopic (exact) mass is 354 g/mol. The van der Waals surface area contributed by atoms with Crippen molar-refractivity contribution in [2.45, 2.75) is 9.96 Å². The third-order valence-electron chi connectivity index (χ3n) is 2.40. The maximum absolute atomic E-state index is 11.7. The number of nitrogens with zero attached hydrogens (tertiary/aromatic N) is 2. The number of nitro groups is 1. The Balaban J connectivity index is 3.03. The first-order chi connectivity index (χ1) is 9.62. The van der Waals surface area contributed by atoms with Gasteiger partial charge in [0.25, 0.3) is 5.69 Å². The standard InChI is InChI=1S/C11H13Cl3N4O3/c1-17(2)10(19)16-9(11(12,13)14)15-7-5-3-4-6-8(7)18(20)21/h3-6,9,15H,1-2H3,(H,16,19). The Bertz CT molecular complexity index is 534. The molecule has 0 radical (unpaired) electrons. The largest absolute Gasteiger partial charge is 0.356 e. The zero-order chi connectivity index (χ0) is 16.2.